The molecular weight excluding hydrogens is 358 g/mol. The number of benzene rings is 1. The van der Waals surface area contributed by atoms with E-state index in [1.807, 2.05) is 0 Å². The average Bonchev–Trinajstić information content (AvgIpc) is 2.54. The van der Waals surface area contributed by atoms with E-state index < -0.39 is 38.6 Å². The van der Waals surface area contributed by atoms with Crippen LogP contribution in [-0.4, -0.2) is 32.0 Å². The third kappa shape index (κ3) is 2.43. The van der Waals surface area contributed by atoms with Crippen LogP contribution in [-0.2, 0) is 14.6 Å². The minimum absolute atomic E-state index is 0.0205. The summed E-state index contributed by atoms with van der Waals surface area (Å²) < 4.78 is 59.1. The van der Waals surface area contributed by atoms with Crippen LogP contribution in [0.15, 0.2) is 52.7 Å². The van der Waals surface area contributed by atoms with Gasteiger partial charge in [0.05, 0.1) is 11.5 Å². The molecule has 24 heavy (non-hydrogen) atoms. The van der Waals surface area contributed by atoms with E-state index >= 15 is 0 Å². The molecule has 1 aliphatic carbocycles. The Labute approximate surface area is 144 Å². The molecule has 130 valence electrons. The molecule has 4 unspecified atom stereocenters. The molecular formula is C17H17ClF2O3S. The molecule has 4 atom stereocenters. The van der Waals surface area contributed by atoms with Gasteiger partial charge in [0.1, 0.15) is 22.8 Å². The number of alkyl halides is 1. The molecule has 0 spiro atoms. The zero-order chi connectivity index (χ0) is 17.7. The van der Waals surface area contributed by atoms with Crippen molar-refractivity contribution in [3.8, 4) is 0 Å². The van der Waals surface area contributed by atoms with Crippen molar-refractivity contribution >= 4 is 21.4 Å². The van der Waals surface area contributed by atoms with Crippen LogP contribution in [0.25, 0.3) is 0 Å². The molecule has 0 amide bonds. The van der Waals surface area contributed by atoms with Gasteiger partial charge in [-0.15, -0.1) is 0 Å². The Balaban J connectivity index is 2.21. The first-order chi connectivity index (χ1) is 11.2. The lowest BCUT2D eigenvalue weighted by Gasteiger charge is -2.46. The highest BCUT2D eigenvalue weighted by Gasteiger charge is 2.56. The average molecular weight is 375 g/mol. The van der Waals surface area contributed by atoms with Crippen molar-refractivity contribution in [2.24, 2.45) is 5.92 Å². The van der Waals surface area contributed by atoms with E-state index in [1.165, 1.54) is 31.2 Å². The number of allylic oxidation sites excluding steroid dienone is 2. The summed E-state index contributed by atoms with van der Waals surface area (Å²) in [6.45, 7) is 3.13. The quantitative estimate of drug-likeness (QED) is 0.784. The first-order valence-corrected chi connectivity index (χ1v) is 9.40. The van der Waals surface area contributed by atoms with E-state index in [1.54, 1.807) is 6.92 Å². The van der Waals surface area contributed by atoms with E-state index in [-0.39, 0.29) is 17.1 Å². The lowest BCUT2D eigenvalue weighted by Crippen LogP contribution is -2.55. The number of sulfone groups is 1. The second kappa shape index (κ2) is 5.93. The molecule has 1 heterocycles. The van der Waals surface area contributed by atoms with Crippen LogP contribution >= 0.6 is 11.6 Å². The molecule has 1 fully saturated rings. The third-order valence-corrected chi connectivity index (χ3v) is 7.82. The highest BCUT2D eigenvalue weighted by molar-refractivity contribution is 7.93. The van der Waals surface area contributed by atoms with Gasteiger partial charge in [-0.2, -0.15) is 0 Å². The summed E-state index contributed by atoms with van der Waals surface area (Å²) in [7, 11) is -3.99. The molecule has 1 aliphatic heterocycles. The third-order valence-electron chi connectivity index (χ3n) is 4.94. The van der Waals surface area contributed by atoms with Gasteiger partial charge in [0.25, 0.3) is 0 Å². The normalized spacial score (nSPS) is 33.5. The smallest absolute Gasteiger partial charge is 0.188 e. The van der Waals surface area contributed by atoms with E-state index in [2.05, 4.69) is 0 Å². The first-order valence-electron chi connectivity index (χ1n) is 7.54. The highest BCUT2D eigenvalue weighted by Crippen LogP contribution is 2.48. The van der Waals surface area contributed by atoms with Crippen LogP contribution in [0.1, 0.15) is 13.8 Å². The van der Waals surface area contributed by atoms with Crippen molar-refractivity contribution in [1.82, 2.24) is 0 Å². The van der Waals surface area contributed by atoms with Gasteiger partial charge in [0.2, 0.25) is 0 Å². The summed E-state index contributed by atoms with van der Waals surface area (Å²) in [5.74, 6) is -1.30. The molecule has 1 aromatic rings. The van der Waals surface area contributed by atoms with Gasteiger partial charge < -0.3 is 4.74 Å². The Bertz CT molecular complexity index is 817. The maximum absolute atomic E-state index is 14.5. The van der Waals surface area contributed by atoms with Crippen molar-refractivity contribution < 1.29 is 21.9 Å². The van der Waals surface area contributed by atoms with Crippen LogP contribution in [0.4, 0.5) is 8.78 Å². The maximum atomic E-state index is 14.5. The van der Waals surface area contributed by atoms with Gasteiger partial charge in [-0.3, -0.25) is 0 Å². The summed E-state index contributed by atoms with van der Waals surface area (Å²) in [6.07, 6.45) is -0.771. The van der Waals surface area contributed by atoms with Gasteiger partial charge in [0, 0.05) is 16.5 Å². The van der Waals surface area contributed by atoms with Crippen molar-refractivity contribution in [1.29, 1.82) is 0 Å². The van der Waals surface area contributed by atoms with Crippen LogP contribution in [0.3, 0.4) is 0 Å². The molecule has 0 radical (unpaired) electrons. The van der Waals surface area contributed by atoms with Gasteiger partial charge >= 0.3 is 0 Å². The molecule has 3 nitrogen and oxygen atoms in total. The second-order valence-corrected chi connectivity index (χ2v) is 9.05. The van der Waals surface area contributed by atoms with Gasteiger partial charge in [-0.1, -0.05) is 18.5 Å². The highest BCUT2D eigenvalue weighted by atomic mass is 35.5. The number of rotatable bonds is 2. The molecule has 1 saturated heterocycles. The Hall–Kier alpha value is -1.24. The van der Waals surface area contributed by atoms with Crippen molar-refractivity contribution in [3.05, 3.63) is 52.8 Å². The summed E-state index contributed by atoms with van der Waals surface area (Å²) in [5.41, 5.74) is -0.147. The number of hydrogen-bond donors (Lipinski definition) is 0. The van der Waals surface area contributed by atoms with Crippen LogP contribution in [0.2, 0.25) is 5.02 Å². The Kier molecular flexibility index (Phi) is 4.35. The topological polar surface area (TPSA) is 43.4 Å². The predicted molar refractivity (Wildman–Crippen MR) is 88.1 cm³/mol. The number of hydrogen-bond acceptors (Lipinski definition) is 3. The van der Waals surface area contributed by atoms with Gasteiger partial charge in [-0.25, -0.2) is 17.2 Å². The molecule has 3 rings (SSSR count). The number of ether oxygens (including phenoxy) is 1. The minimum Gasteiger partial charge on any atom is -0.370 e. The van der Waals surface area contributed by atoms with E-state index in [0.29, 0.717) is 5.02 Å². The zero-order valence-electron chi connectivity index (χ0n) is 13.2. The maximum Gasteiger partial charge on any atom is 0.188 e. The van der Waals surface area contributed by atoms with Crippen LogP contribution < -0.4 is 0 Å². The monoisotopic (exact) mass is 374 g/mol. The molecule has 2 aliphatic rings. The summed E-state index contributed by atoms with van der Waals surface area (Å²) >= 11 is 5.82. The number of fused-ring (bicyclic) bond motifs is 1. The SMILES string of the molecule is CC1COC2C(=C(F)C=CC2F)C1(C)S(=O)(=O)c1ccc(Cl)cc1. The first kappa shape index (κ1) is 17.6. The van der Waals surface area contributed by atoms with E-state index in [9.17, 15) is 17.2 Å². The molecule has 0 N–H and O–H groups in total. The van der Waals surface area contributed by atoms with Gasteiger partial charge in [-0.05, 0) is 43.3 Å². The van der Waals surface area contributed by atoms with Crippen molar-refractivity contribution in [3.63, 3.8) is 0 Å². The van der Waals surface area contributed by atoms with Crippen LogP contribution in [0.5, 0.6) is 0 Å². The van der Waals surface area contributed by atoms with Crippen molar-refractivity contribution in [2.45, 2.75) is 35.8 Å². The van der Waals surface area contributed by atoms with Crippen molar-refractivity contribution in [2.75, 3.05) is 6.61 Å². The molecule has 1 aromatic carbocycles. The molecule has 0 saturated carbocycles. The standard InChI is InChI=1S/C17H17ClF2O3S/c1-10-9-23-16-14(20)8-7-13(19)15(16)17(10,2)24(21,22)12-5-3-11(18)4-6-12/h3-8,10,14,16H,9H2,1-2H3. The molecule has 0 aromatic heterocycles. The largest absolute Gasteiger partial charge is 0.370 e. The lowest BCUT2D eigenvalue weighted by molar-refractivity contribution is -0.0207. The Morgan fingerprint density at radius 3 is 2.54 bits per heavy atom. The van der Waals surface area contributed by atoms with Gasteiger partial charge in [0.15, 0.2) is 9.84 Å². The molecule has 0 bridgehead atoms. The van der Waals surface area contributed by atoms with E-state index in [0.717, 1.165) is 12.2 Å². The zero-order valence-corrected chi connectivity index (χ0v) is 14.7. The summed E-state index contributed by atoms with van der Waals surface area (Å²) in [6, 6.07) is 5.68. The predicted octanol–water partition coefficient (Wildman–Crippen LogP) is 4.04. The number of halogens is 3. The second-order valence-electron chi connectivity index (χ2n) is 6.28. The fourth-order valence-corrected chi connectivity index (χ4v) is 5.51. The van der Waals surface area contributed by atoms with E-state index in [4.69, 9.17) is 16.3 Å². The minimum atomic E-state index is -3.99. The Morgan fingerprint density at radius 2 is 1.92 bits per heavy atom. The lowest BCUT2D eigenvalue weighted by atomic mass is 9.79. The summed E-state index contributed by atoms with van der Waals surface area (Å²) in [5, 5.41) is 0.395. The molecule has 7 heteroatoms. The summed E-state index contributed by atoms with van der Waals surface area (Å²) in [4.78, 5) is 0.0205. The fraction of sp³-hybridized carbons (Fsp3) is 0.412. The van der Waals surface area contributed by atoms with Crippen LogP contribution in [0, 0.1) is 5.92 Å². The fourth-order valence-electron chi connectivity index (χ4n) is 3.30. The Morgan fingerprint density at radius 1 is 1.29 bits per heavy atom.